The third-order valence-corrected chi connectivity index (χ3v) is 0.917. The van der Waals surface area contributed by atoms with Crippen LogP contribution < -0.4 is 6.15 Å². The van der Waals surface area contributed by atoms with E-state index in [9.17, 15) is 0 Å². The topological polar surface area (TPSA) is 73.1 Å². The Morgan fingerprint density at radius 2 is 2.00 bits per heavy atom. The molecule has 0 aromatic carbocycles. The van der Waals surface area contributed by atoms with E-state index in [2.05, 4.69) is 4.98 Å². The quantitative estimate of drug-likeness (QED) is 0.747. The minimum atomic E-state index is 0. The van der Waals surface area contributed by atoms with Crippen LogP contribution in [0, 0.1) is 0 Å². The van der Waals surface area contributed by atoms with Crippen molar-refractivity contribution in [1.82, 2.24) is 15.7 Å². The molecular formula is C5H13Cl2N3O. The van der Waals surface area contributed by atoms with Crippen molar-refractivity contribution in [2.45, 2.75) is 6.54 Å². The molecule has 4 nitrogen and oxygen atoms in total. The maximum atomic E-state index is 8.39. The molecule has 0 bridgehead atoms. The van der Waals surface area contributed by atoms with Gasteiger partial charge in [-0.25, -0.2) is 4.98 Å². The molecule has 1 aromatic heterocycles. The van der Waals surface area contributed by atoms with Gasteiger partial charge in [0.1, 0.15) is 0 Å². The van der Waals surface area contributed by atoms with Crippen molar-refractivity contribution >= 4 is 24.8 Å². The smallest absolute Gasteiger partial charge is 0.0946 e. The first kappa shape index (κ1) is 17.0. The summed E-state index contributed by atoms with van der Waals surface area (Å²) >= 11 is 0. The maximum Gasteiger partial charge on any atom is 0.0946 e. The van der Waals surface area contributed by atoms with Crippen LogP contribution in [0.4, 0.5) is 0 Å². The Morgan fingerprint density at radius 3 is 2.36 bits per heavy atom. The lowest BCUT2D eigenvalue weighted by Gasteiger charge is -1.92. The van der Waals surface area contributed by atoms with Crippen LogP contribution >= 0.6 is 24.8 Å². The molecule has 1 aromatic rings. The van der Waals surface area contributed by atoms with Crippen molar-refractivity contribution < 1.29 is 5.11 Å². The van der Waals surface area contributed by atoms with Crippen LogP contribution in [0.2, 0.25) is 0 Å². The van der Waals surface area contributed by atoms with Gasteiger partial charge < -0.3 is 15.8 Å². The molecule has 1 rings (SSSR count). The Labute approximate surface area is 78.0 Å². The van der Waals surface area contributed by atoms with Gasteiger partial charge in [0.05, 0.1) is 12.9 Å². The van der Waals surface area contributed by atoms with Crippen LogP contribution in [0.5, 0.6) is 0 Å². The molecule has 4 N–H and O–H groups in total. The van der Waals surface area contributed by atoms with E-state index < -0.39 is 0 Å². The molecule has 0 saturated carbocycles. The lowest BCUT2D eigenvalue weighted by Crippen LogP contribution is -1.97. The van der Waals surface area contributed by atoms with Crippen molar-refractivity contribution in [3.8, 4) is 0 Å². The van der Waals surface area contributed by atoms with Gasteiger partial charge in [-0.2, -0.15) is 0 Å². The van der Waals surface area contributed by atoms with E-state index in [-0.39, 0.29) is 37.6 Å². The highest BCUT2D eigenvalue weighted by Gasteiger charge is 1.82. The zero-order chi connectivity index (χ0) is 5.82. The number of aliphatic hydroxyl groups excluding tert-OH is 1. The first-order valence-corrected chi connectivity index (χ1v) is 2.50. The van der Waals surface area contributed by atoms with Crippen molar-refractivity contribution in [2.75, 3.05) is 6.61 Å². The summed E-state index contributed by atoms with van der Waals surface area (Å²) in [4.78, 5) is 3.79. The fourth-order valence-electron chi connectivity index (χ4n) is 0.534. The van der Waals surface area contributed by atoms with E-state index in [0.29, 0.717) is 6.54 Å². The lowest BCUT2D eigenvalue weighted by molar-refractivity contribution is 0.276. The van der Waals surface area contributed by atoms with Gasteiger partial charge in [-0.15, -0.1) is 24.8 Å². The van der Waals surface area contributed by atoms with Crippen LogP contribution in [0.25, 0.3) is 0 Å². The molecule has 0 fully saturated rings. The third kappa shape index (κ3) is 6.12. The molecule has 0 aliphatic carbocycles. The summed E-state index contributed by atoms with van der Waals surface area (Å²) in [6, 6.07) is 0. The number of nitrogens with zero attached hydrogens (tertiary/aromatic N) is 2. The monoisotopic (exact) mass is 201 g/mol. The summed E-state index contributed by atoms with van der Waals surface area (Å²) < 4.78 is 1.82. The summed E-state index contributed by atoms with van der Waals surface area (Å²) in [6.45, 7) is 0.816. The lowest BCUT2D eigenvalue weighted by atomic mass is 10.7. The molecule has 0 saturated heterocycles. The minimum Gasteiger partial charge on any atom is -0.395 e. The molecule has 0 aliphatic rings. The van der Waals surface area contributed by atoms with Gasteiger partial charge in [-0.05, 0) is 0 Å². The molecule has 0 atom stereocenters. The third-order valence-electron chi connectivity index (χ3n) is 0.917. The van der Waals surface area contributed by atoms with Crippen LogP contribution in [0.1, 0.15) is 0 Å². The normalized spacial score (nSPS) is 7.00. The number of aliphatic hydroxyl groups is 1. The number of hydrogen-bond acceptors (Lipinski definition) is 3. The standard InChI is InChI=1S/C5H8N2O.2ClH.H3N/c8-4-3-7-2-1-6-5-7;;;/h1-2,5,8H,3-4H2;2*1H;1H3. The van der Waals surface area contributed by atoms with E-state index in [1.807, 2.05) is 10.8 Å². The SMILES string of the molecule is Cl.Cl.N.OCCn1ccnc1. The molecule has 6 heteroatoms. The fourth-order valence-corrected chi connectivity index (χ4v) is 0.534. The second kappa shape index (κ2) is 9.71. The summed E-state index contributed by atoms with van der Waals surface area (Å²) in [5.74, 6) is 0. The molecule has 0 aliphatic heterocycles. The van der Waals surface area contributed by atoms with Crippen LogP contribution in [0.15, 0.2) is 18.7 Å². The Morgan fingerprint density at radius 1 is 1.36 bits per heavy atom. The second-order valence-electron chi connectivity index (χ2n) is 1.52. The Hall–Kier alpha value is -0.290. The zero-order valence-corrected chi connectivity index (χ0v) is 7.64. The first-order chi connectivity index (χ1) is 3.93. The van der Waals surface area contributed by atoms with E-state index in [4.69, 9.17) is 5.11 Å². The summed E-state index contributed by atoms with van der Waals surface area (Å²) in [7, 11) is 0. The number of hydrogen-bond donors (Lipinski definition) is 2. The largest absolute Gasteiger partial charge is 0.395 e. The highest BCUT2D eigenvalue weighted by molar-refractivity contribution is 5.85. The molecule has 0 spiro atoms. The van der Waals surface area contributed by atoms with Gasteiger partial charge in [0.2, 0.25) is 0 Å². The first-order valence-electron chi connectivity index (χ1n) is 2.50. The number of imidazole rings is 1. The predicted octanol–water partition coefficient (Wildman–Crippen LogP) is 0.881. The van der Waals surface area contributed by atoms with Gasteiger partial charge in [0.15, 0.2) is 0 Å². The fraction of sp³-hybridized carbons (Fsp3) is 0.400. The molecule has 1 heterocycles. The highest BCUT2D eigenvalue weighted by Crippen LogP contribution is 1.81. The van der Waals surface area contributed by atoms with Crippen molar-refractivity contribution in [1.29, 1.82) is 0 Å². The molecule has 0 amide bonds. The molecular weight excluding hydrogens is 189 g/mol. The van der Waals surface area contributed by atoms with Gasteiger partial charge in [-0.3, -0.25) is 0 Å². The molecule has 0 radical (unpaired) electrons. The number of halogens is 2. The van der Waals surface area contributed by atoms with Crippen molar-refractivity contribution in [3.63, 3.8) is 0 Å². The van der Waals surface area contributed by atoms with Crippen LogP contribution in [-0.2, 0) is 6.54 Å². The van der Waals surface area contributed by atoms with Crippen molar-refractivity contribution in [2.24, 2.45) is 0 Å². The molecule has 11 heavy (non-hydrogen) atoms. The van der Waals surface area contributed by atoms with E-state index in [1.165, 1.54) is 0 Å². The average Bonchev–Trinajstić information content (AvgIpc) is 2.19. The molecule has 0 unspecified atom stereocenters. The summed E-state index contributed by atoms with van der Waals surface area (Å²) in [5, 5.41) is 8.39. The Bertz CT molecular complexity index is 145. The van der Waals surface area contributed by atoms with Gasteiger partial charge in [0.25, 0.3) is 0 Å². The van der Waals surface area contributed by atoms with Gasteiger partial charge >= 0.3 is 0 Å². The van der Waals surface area contributed by atoms with Crippen LogP contribution in [0.3, 0.4) is 0 Å². The minimum absolute atomic E-state index is 0. The summed E-state index contributed by atoms with van der Waals surface area (Å²) in [5.41, 5.74) is 0. The van der Waals surface area contributed by atoms with Crippen molar-refractivity contribution in [3.05, 3.63) is 18.7 Å². The van der Waals surface area contributed by atoms with E-state index >= 15 is 0 Å². The zero-order valence-electron chi connectivity index (χ0n) is 6.01. The van der Waals surface area contributed by atoms with E-state index in [0.717, 1.165) is 0 Å². The molecule has 68 valence electrons. The summed E-state index contributed by atoms with van der Waals surface area (Å²) in [6.07, 6.45) is 5.18. The van der Waals surface area contributed by atoms with Gasteiger partial charge in [-0.1, -0.05) is 0 Å². The van der Waals surface area contributed by atoms with Crippen LogP contribution in [-0.4, -0.2) is 21.3 Å². The number of rotatable bonds is 2. The highest BCUT2D eigenvalue weighted by atomic mass is 35.5. The second-order valence-corrected chi connectivity index (χ2v) is 1.52. The van der Waals surface area contributed by atoms with E-state index in [1.54, 1.807) is 12.5 Å². The Kier molecular flexibility index (Phi) is 15.0. The number of aromatic nitrogens is 2. The average molecular weight is 202 g/mol. The van der Waals surface area contributed by atoms with Gasteiger partial charge in [0, 0.05) is 18.9 Å². The Balaban J connectivity index is -0.000000213. The predicted molar refractivity (Wildman–Crippen MR) is 48.8 cm³/mol. The maximum absolute atomic E-state index is 8.39.